The summed E-state index contributed by atoms with van der Waals surface area (Å²) in [7, 11) is -2.84. The maximum atomic E-state index is 12.7. The number of ether oxygens (including phenoxy) is 1. The van der Waals surface area contributed by atoms with Crippen LogP contribution in [-0.2, 0) is 16.4 Å². The molecule has 0 saturated heterocycles. The van der Waals surface area contributed by atoms with E-state index in [4.69, 9.17) is 16.3 Å². The topological polar surface area (TPSA) is 97.0 Å². The van der Waals surface area contributed by atoms with Gasteiger partial charge in [-0.2, -0.15) is 18.2 Å². The first-order valence-electron chi connectivity index (χ1n) is 7.85. The Bertz CT molecular complexity index is 1120. The maximum absolute atomic E-state index is 12.7. The van der Waals surface area contributed by atoms with Crippen molar-refractivity contribution in [1.82, 2.24) is 15.0 Å². The zero-order valence-electron chi connectivity index (χ0n) is 14.3. The Hall–Kier alpha value is -2.53. The number of aryl methyl sites for hydroxylation is 1. The summed E-state index contributed by atoms with van der Waals surface area (Å²) in [6.45, 7) is 0. The molecule has 7 nitrogen and oxygen atoms in total. The number of alkyl halides is 3. The highest BCUT2D eigenvalue weighted by atomic mass is 35.5. The Balaban J connectivity index is 1.87. The van der Waals surface area contributed by atoms with Crippen LogP contribution in [0.15, 0.2) is 35.5 Å². The van der Waals surface area contributed by atoms with E-state index in [2.05, 4.69) is 19.7 Å². The van der Waals surface area contributed by atoms with Gasteiger partial charge >= 0.3 is 6.18 Å². The zero-order valence-corrected chi connectivity index (χ0v) is 15.9. The van der Waals surface area contributed by atoms with Crippen LogP contribution in [0, 0.1) is 0 Å². The Morgan fingerprint density at radius 2 is 2.07 bits per heavy atom. The fourth-order valence-corrected chi connectivity index (χ4v) is 3.84. The number of aromatic amines is 1. The summed E-state index contributed by atoms with van der Waals surface area (Å²) in [5.74, 6) is -0.460. The molecule has 1 aromatic carbocycles. The lowest BCUT2D eigenvalue weighted by Crippen LogP contribution is -2.16. The summed E-state index contributed by atoms with van der Waals surface area (Å²) < 4.78 is 69.7. The van der Waals surface area contributed by atoms with Gasteiger partial charge in [-0.25, -0.2) is 18.1 Å². The molecule has 12 heteroatoms. The summed E-state index contributed by atoms with van der Waals surface area (Å²) in [6, 6.07) is 4.67. The molecule has 3 rings (SSSR count). The number of hydrogen-bond donors (Lipinski definition) is 2. The van der Waals surface area contributed by atoms with Gasteiger partial charge in [-0.1, -0.05) is 11.6 Å². The van der Waals surface area contributed by atoms with Gasteiger partial charge < -0.3 is 9.72 Å². The number of nitrogens with zero attached hydrogens (tertiary/aromatic N) is 2. The largest absolute Gasteiger partial charge is 0.481 e. The molecule has 0 aliphatic heterocycles. The van der Waals surface area contributed by atoms with Crippen molar-refractivity contribution in [3.63, 3.8) is 0 Å². The monoisotopic (exact) mass is 434 g/mol. The lowest BCUT2D eigenvalue weighted by atomic mass is 10.2. The van der Waals surface area contributed by atoms with Crippen LogP contribution in [0.1, 0.15) is 12.0 Å². The van der Waals surface area contributed by atoms with Crippen molar-refractivity contribution < 1.29 is 26.3 Å². The van der Waals surface area contributed by atoms with E-state index in [1.54, 1.807) is 18.2 Å². The van der Waals surface area contributed by atoms with Crippen molar-refractivity contribution >= 4 is 38.5 Å². The predicted molar refractivity (Wildman–Crippen MR) is 97.1 cm³/mol. The van der Waals surface area contributed by atoms with Crippen LogP contribution in [-0.4, -0.2) is 36.7 Å². The van der Waals surface area contributed by atoms with E-state index in [1.807, 2.05) is 0 Å². The van der Waals surface area contributed by atoms with Gasteiger partial charge in [0.1, 0.15) is 4.90 Å². The molecule has 0 amide bonds. The van der Waals surface area contributed by atoms with Gasteiger partial charge in [0.05, 0.1) is 7.11 Å². The predicted octanol–water partition coefficient (Wildman–Crippen LogP) is 3.92. The standard InChI is InChI=1S/C16H14ClF3N4O3S/c1-27-14-9(4-5-16(18,19)20)7-22-15(23-14)24-28(25,26)13-8-21-12-6-10(17)2-3-11(12)13/h2-3,6-8,21H,4-5H2,1H3,(H,22,23,24). The first kappa shape index (κ1) is 20.2. The van der Waals surface area contributed by atoms with E-state index in [0.717, 1.165) is 6.20 Å². The molecule has 3 aromatic rings. The van der Waals surface area contributed by atoms with E-state index in [1.165, 1.54) is 13.3 Å². The number of sulfonamides is 1. The molecular weight excluding hydrogens is 421 g/mol. The fraction of sp³-hybridized carbons (Fsp3) is 0.250. The van der Waals surface area contributed by atoms with Crippen molar-refractivity contribution in [3.05, 3.63) is 41.2 Å². The molecule has 2 heterocycles. The third-order valence-electron chi connectivity index (χ3n) is 3.82. The van der Waals surface area contributed by atoms with Crippen molar-refractivity contribution in [2.75, 3.05) is 11.8 Å². The van der Waals surface area contributed by atoms with Crippen molar-refractivity contribution in [2.24, 2.45) is 0 Å². The van der Waals surface area contributed by atoms with Gasteiger partial charge in [0.25, 0.3) is 10.0 Å². The number of hydrogen-bond acceptors (Lipinski definition) is 5. The molecule has 0 unspecified atom stereocenters. The SMILES string of the molecule is COc1nc(NS(=O)(=O)c2c[nH]c3cc(Cl)ccc23)ncc1CCC(F)(F)F. The summed E-state index contributed by atoms with van der Waals surface area (Å²) >= 11 is 5.88. The van der Waals surface area contributed by atoms with Crippen LogP contribution in [0.4, 0.5) is 19.1 Å². The highest BCUT2D eigenvalue weighted by molar-refractivity contribution is 7.93. The number of rotatable bonds is 6. The summed E-state index contributed by atoms with van der Waals surface area (Å²) in [6.07, 6.45) is -3.41. The lowest BCUT2D eigenvalue weighted by molar-refractivity contribution is -0.134. The minimum Gasteiger partial charge on any atom is -0.481 e. The van der Waals surface area contributed by atoms with Crippen LogP contribution >= 0.6 is 11.6 Å². The molecule has 0 radical (unpaired) electrons. The number of methoxy groups -OCH3 is 1. The van der Waals surface area contributed by atoms with Crippen LogP contribution in [0.25, 0.3) is 10.9 Å². The lowest BCUT2D eigenvalue weighted by Gasteiger charge is -2.11. The third kappa shape index (κ3) is 4.47. The average Bonchev–Trinajstić information content (AvgIpc) is 3.03. The molecule has 0 spiro atoms. The highest BCUT2D eigenvalue weighted by Crippen LogP contribution is 2.28. The molecule has 0 aliphatic carbocycles. The molecule has 2 aromatic heterocycles. The highest BCUT2D eigenvalue weighted by Gasteiger charge is 2.28. The zero-order chi connectivity index (χ0) is 20.5. The van der Waals surface area contributed by atoms with Gasteiger partial charge in [-0.05, 0) is 24.6 Å². The summed E-state index contributed by atoms with van der Waals surface area (Å²) in [5.41, 5.74) is 0.637. The second kappa shape index (κ2) is 7.47. The Morgan fingerprint density at radius 1 is 1.32 bits per heavy atom. The molecule has 0 atom stereocenters. The summed E-state index contributed by atoms with van der Waals surface area (Å²) in [5, 5.41) is 0.847. The smallest absolute Gasteiger partial charge is 0.389 e. The van der Waals surface area contributed by atoms with Crippen molar-refractivity contribution in [3.8, 4) is 5.88 Å². The molecular formula is C16H14ClF3N4O3S. The van der Waals surface area contributed by atoms with Gasteiger partial charge in [0.15, 0.2) is 0 Å². The number of aromatic nitrogens is 3. The van der Waals surface area contributed by atoms with Gasteiger partial charge in [0.2, 0.25) is 11.8 Å². The Labute approximate surface area is 163 Å². The molecule has 0 saturated carbocycles. The molecule has 150 valence electrons. The second-order valence-corrected chi connectivity index (χ2v) is 7.88. The Kier molecular flexibility index (Phi) is 5.39. The first-order chi connectivity index (χ1) is 13.1. The molecule has 0 bridgehead atoms. The molecule has 0 aliphatic rings. The number of halogens is 4. The molecule has 2 N–H and O–H groups in total. The van der Waals surface area contributed by atoms with Crippen LogP contribution in [0.5, 0.6) is 5.88 Å². The summed E-state index contributed by atoms with van der Waals surface area (Å²) in [4.78, 5) is 10.4. The van der Waals surface area contributed by atoms with E-state index in [9.17, 15) is 21.6 Å². The van der Waals surface area contributed by atoms with Crippen LogP contribution in [0.3, 0.4) is 0 Å². The van der Waals surface area contributed by atoms with Gasteiger partial charge in [-0.3, -0.25) is 0 Å². The third-order valence-corrected chi connectivity index (χ3v) is 5.42. The van der Waals surface area contributed by atoms with E-state index in [0.29, 0.717) is 15.9 Å². The quantitative estimate of drug-likeness (QED) is 0.613. The van der Waals surface area contributed by atoms with Crippen molar-refractivity contribution in [2.45, 2.75) is 23.9 Å². The fourth-order valence-electron chi connectivity index (χ4n) is 2.53. The number of benzene rings is 1. The number of H-pyrrole nitrogens is 1. The van der Waals surface area contributed by atoms with Gasteiger partial charge in [0, 0.05) is 40.3 Å². The number of fused-ring (bicyclic) bond motifs is 1. The van der Waals surface area contributed by atoms with Gasteiger partial charge in [-0.15, -0.1) is 0 Å². The minimum atomic E-state index is -4.34. The van der Waals surface area contributed by atoms with E-state index in [-0.39, 0.29) is 28.7 Å². The van der Waals surface area contributed by atoms with Crippen LogP contribution in [0.2, 0.25) is 5.02 Å². The average molecular weight is 435 g/mol. The first-order valence-corrected chi connectivity index (χ1v) is 9.71. The number of anilines is 1. The maximum Gasteiger partial charge on any atom is 0.389 e. The van der Waals surface area contributed by atoms with Crippen molar-refractivity contribution in [1.29, 1.82) is 0 Å². The minimum absolute atomic E-state index is 0.0529. The molecule has 28 heavy (non-hydrogen) atoms. The Morgan fingerprint density at radius 3 is 2.75 bits per heavy atom. The number of nitrogens with one attached hydrogen (secondary N) is 2. The second-order valence-electron chi connectivity index (χ2n) is 5.79. The normalized spacial score (nSPS) is 12.3. The van der Waals surface area contributed by atoms with Crippen LogP contribution < -0.4 is 9.46 Å². The van der Waals surface area contributed by atoms with E-state index < -0.39 is 22.6 Å². The molecule has 0 fully saturated rings. The van der Waals surface area contributed by atoms with E-state index >= 15 is 0 Å².